The van der Waals surface area contributed by atoms with Crippen LogP contribution < -0.4 is 10.6 Å². The van der Waals surface area contributed by atoms with Gasteiger partial charge in [0.1, 0.15) is 11.5 Å². The summed E-state index contributed by atoms with van der Waals surface area (Å²) in [5, 5.41) is 12.7. The topological polar surface area (TPSA) is 70.6 Å². The maximum atomic E-state index is 14.4. The van der Waals surface area contributed by atoms with E-state index in [-0.39, 0.29) is 12.4 Å². The Morgan fingerprint density at radius 3 is 2.97 bits per heavy atom. The number of hydrogen-bond donors (Lipinski definition) is 3. The number of benzene rings is 1. The lowest BCUT2D eigenvalue weighted by molar-refractivity contribution is 0.477. The average Bonchev–Trinajstić information content (AvgIpc) is 3.24. The van der Waals surface area contributed by atoms with E-state index in [1.54, 1.807) is 18.3 Å². The van der Waals surface area contributed by atoms with Crippen molar-refractivity contribution in [2.75, 3.05) is 11.9 Å². The van der Waals surface area contributed by atoms with E-state index in [9.17, 15) is 4.39 Å². The Kier molecular flexibility index (Phi) is 5.21. The molecule has 1 aliphatic rings. The molecular weight excluding hydrogens is 414 g/mol. The zero-order valence-corrected chi connectivity index (χ0v) is 17.2. The number of aromatic amines is 1. The summed E-state index contributed by atoms with van der Waals surface area (Å²) < 4.78 is 16.4. The zero-order chi connectivity index (χ0) is 19.3. The van der Waals surface area contributed by atoms with Crippen LogP contribution in [0.2, 0.25) is 5.02 Å². The molecule has 0 fully saturated rings. The van der Waals surface area contributed by atoms with Crippen molar-refractivity contribution in [3.05, 3.63) is 58.8 Å². The van der Waals surface area contributed by atoms with Crippen molar-refractivity contribution < 1.29 is 4.39 Å². The van der Waals surface area contributed by atoms with Gasteiger partial charge in [-0.05, 0) is 36.8 Å². The summed E-state index contributed by atoms with van der Waals surface area (Å²) in [5.41, 5.74) is 5.30. The van der Waals surface area contributed by atoms with E-state index in [0.29, 0.717) is 23.1 Å². The van der Waals surface area contributed by atoms with Gasteiger partial charge in [-0.25, -0.2) is 9.37 Å². The predicted octanol–water partition coefficient (Wildman–Crippen LogP) is 4.80. The molecule has 0 amide bonds. The zero-order valence-electron chi connectivity index (χ0n) is 15.6. The van der Waals surface area contributed by atoms with E-state index in [1.165, 1.54) is 6.07 Å². The first-order chi connectivity index (χ1) is 13.6. The lowest BCUT2D eigenvalue weighted by atomic mass is 10.0. The van der Waals surface area contributed by atoms with Gasteiger partial charge in [0.15, 0.2) is 5.82 Å². The molecule has 0 aliphatic carbocycles. The highest BCUT2D eigenvalue weighted by molar-refractivity contribution is 6.30. The molecule has 3 aromatic heterocycles. The lowest BCUT2D eigenvalue weighted by Crippen LogP contribution is -2.28. The minimum atomic E-state index is -0.416. The summed E-state index contributed by atoms with van der Waals surface area (Å²) in [6, 6.07) is 6.56. The van der Waals surface area contributed by atoms with Crippen LogP contribution in [-0.2, 0) is 13.1 Å². The van der Waals surface area contributed by atoms with Crippen LogP contribution >= 0.6 is 24.0 Å². The SMILES string of the molecule is Cc1c[nH]c2nccc(-c3c(Nc4ccc(Cl)cc4F)nn4c3CNCC4)c12.Cl. The Morgan fingerprint density at radius 2 is 2.14 bits per heavy atom. The van der Waals surface area contributed by atoms with Crippen molar-refractivity contribution in [1.82, 2.24) is 25.1 Å². The molecular formula is C20H19Cl2FN6. The molecule has 0 bridgehead atoms. The molecule has 4 aromatic rings. The number of H-pyrrole nitrogens is 1. The van der Waals surface area contributed by atoms with Crippen molar-refractivity contribution in [2.45, 2.75) is 20.0 Å². The number of aromatic nitrogens is 4. The Balaban J connectivity index is 0.00000205. The highest BCUT2D eigenvalue weighted by atomic mass is 35.5. The summed E-state index contributed by atoms with van der Waals surface area (Å²) in [7, 11) is 0. The molecule has 150 valence electrons. The van der Waals surface area contributed by atoms with Crippen molar-refractivity contribution in [3.63, 3.8) is 0 Å². The maximum Gasteiger partial charge on any atom is 0.160 e. The molecule has 0 unspecified atom stereocenters. The largest absolute Gasteiger partial charge is 0.346 e. The molecule has 5 rings (SSSR count). The Bertz CT molecular complexity index is 1200. The van der Waals surface area contributed by atoms with Gasteiger partial charge in [0.05, 0.1) is 17.9 Å². The lowest BCUT2D eigenvalue weighted by Gasteiger charge is -2.16. The van der Waals surface area contributed by atoms with Gasteiger partial charge in [-0.1, -0.05) is 11.6 Å². The molecule has 3 N–H and O–H groups in total. The van der Waals surface area contributed by atoms with Gasteiger partial charge in [-0.2, -0.15) is 5.10 Å². The van der Waals surface area contributed by atoms with Crippen LogP contribution in [-0.4, -0.2) is 26.3 Å². The molecule has 6 nitrogen and oxygen atoms in total. The van der Waals surface area contributed by atoms with E-state index in [0.717, 1.165) is 46.5 Å². The van der Waals surface area contributed by atoms with Crippen LogP contribution in [0.4, 0.5) is 15.9 Å². The standard InChI is InChI=1S/C20H18ClFN6.ClH/c1-11-9-25-19-17(11)13(4-5-24-19)18-16-10-23-6-7-28(16)27-20(18)26-15-3-2-12(21)8-14(15)22;/h2-5,8-9,23H,6-7,10H2,1H3,(H,24,25)(H,26,27);1H. The van der Waals surface area contributed by atoms with Gasteiger partial charge >= 0.3 is 0 Å². The summed E-state index contributed by atoms with van der Waals surface area (Å²) in [5.74, 6) is 0.202. The van der Waals surface area contributed by atoms with Crippen LogP contribution in [0.5, 0.6) is 0 Å². The first-order valence-electron chi connectivity index (χ1n) is 9.07. The van der Waals surface area contributed by atoms with Gasteiger partial charge < -0.3 is 15.6 Å². The minimum Gasteiger partial charge on any atom is -0.346 e. The van der Waals surface area contributed by atoms with Crippen molar-refractivity contribution in [3.8, 4) is 11.1 Å². The van der Waals surface area contributed by atoms with Gasteiger partial charge in [0.2, 0.25) is 0 Å². The third kappa shape index (κ3) is 3.35. The highest BCUT2D eigenvalue weighted by Gasteiger charge is 2.24. The first-order valence-corrected chi connectivity index (χ1v) is 9.45. The van der Waals surface area contributed by atoms with Gasteiger partial charge in [0.25, 0.3) is 0 Å². The minimum absolute atomic E-state index is 0. The van der Waals surface area contributed by atoms with E-state index >= 15 is 0 Å². The third-order valence-corrected chi connectivity index (χ3v) is 5.31. The number of hydrogen-bond acceptors (Lipinski definition) is 4. The summed E-state index contributed by atoms with van der Waals surface area (Å²) in [6.45, 7) is 4.34. The monoisotopic (exact) mass is 432 g/mol. The van der Waals surface area contributed by atoms with Gasteiger partial charge in [-0.15, -0.1) is 12.4 Å². The van der Waals surface area contributed by atoms with E-state index in [1.807, 2.05) is 23.9 Å². The fourth-order valence-corrected chi connectivity index (χ4v) is 3.93. The molecule has 4 heterocycles. The number of anilines is 2. The number of fused-ring (bicyclic) bond motifs is 2. The number of halogens is 3. The molecule has 0 spiro atoms. The molecule has 0 saturated heterocycles. The number of nitrogens with zero attached hydrogens (tertiary/aromatic N) is 3. The number of pyridine rings is 1. The Labute approximate surface area is 177 Å². The number of nitrogens with one attached hydrogen (secondary N) is 3. The van der Waals surface area contributed by atoms with Crippen LogP contribution in [0, 0.1) is 12.7 Å². The Morgan fingerprint density at radius 1 is 1.28 bits per heavy atom. The fourth-order valence-electron chi connectivity index (χ4n) is 3.77. The molecule has 9 heteroatoms. The van der Waals surface area contributed by atoms with E-state index < -0.39 is 5.82 Å². The predicted molar refractivity (Wildman–Crippen MR) is 116 cm³/mol. The van der Waals surface area contributed by atoms with Gasteiger partial charge in [0, 0.05) is 47.0 Å². The van der Waals surface area contributed by atoms with Crippen LogP contribution in [0.3, 0.4) is 0 Å². The van der Waals surface area contributed by atoms with Crippen molar-refractivity contribution in [2.24, 2.45) is 0 Å². The molecule has 29 heavy (non-hydrogen) atoms. The highest BCUT2D eigenvalue weighted by Crippen LogP contribution is 2.39. The maximum absolute atomic E-state index is 14.4. The van der Waals surface area contributed by atoms with Crippen LogP contribution in [0.1, 0.15) is 11.3 Å². The normalized spacial score (nSPS) is 13.2. The first kappa shape index (κ1) is 19.7. The van der Waals surface area contributed by atoms with E-state index in [2.05, 4.69) is 20.6 Å². The summed E-state index contributed by atoms with van der Waals surface area (Å²) >= 11 is 5.89. The molecule has 0 atom stereocenters. The van der Waals surface area contributed by atoms with Crippen LogP contribution in [0.25, 0.3) is 22.2 Å². The molecule has 0 saturated carbocycles. The Hall–Kier alpha value is -2.61. The van der Waals surface area contributed by atoms with Crippen LogP contribution in [0.15, 0.2) is 36.7 Å². The van der Waals surface area contributed by atoms with E-state index in [4.69, 9.17) is 16.7 Å². The van der Waals surface area contributed by atoms with Gasteiger partial charge in [-0.3, -0.25) is 4.68 Å². The van der Waals surface area contributed by atoms with Crippen molar-refractivity contribution >= 4 is 46.5 Å². The fraction of sp³-hybridized carbons (Fsp3) is 0.200. The second-order valence-corrected chi connectivity index (χ2v) is 7.31. The number of rotatable bonds is 3. The molecule has 1 aromatic carbocycles. The van der Waals surface area contributed by atoms with Crippen molar-refractivity contribution in [1.29, 1.82) is 0 Å². The second-order valence-electron chi connectivity index (χ2n) is 6.87. The summed E-state index contributed by atoms with van der Waals surface area (Å²) in [6.07, 6.45) is 3.72. The average molecular weight is 433 g/mol. The third-order valence-electron chi connectivity index (χ3n) is 5.07. The smallest absolute Gasteiger partial charge is 0.160 e. The molecule has 1 aliphatic heterocycles. The molecule has 0 radical (unpaired) electrons. The summed E-state index contributed by atoms with van der Waals surface area (Å²) in [4.78, 5) is 7.63. The number of aryl methyl sites for hydroxylation is 1. The second kappa shape index (κ2) is 7.67. The quantitative estimate of drug-likeness (QED) is 0.434.